The maximum absolute atomic E-state index is 12.6. The molecule has 0 radical (unpaired) electrons. The molecule has 1 N–H and O–H groups in total. The molecule has 2 heterocycles. The monoisotopic (exact) mass is 363 g/mol. The number of halogens is 3. The molecule has 136 valence electrons. The highest BCUT2D eigenvalue weighted by atomic mass is 19.4. The Kier molecular flexibility index (Phi) is 4.92. The van der Waals surface area contributed by atoms with Gasteiger partial charge in [0.2, 0.25) is 0 Å². The van der Waals surface area contributed by atoms with Gasteiger partial charge in [-0.15, -0.1) is 0 Å². The van der Waals surface area contributed by atoms with Crippen LogP contribution in [0.5, 0.6) is 0 Å². The highest BCUT2D eigenvalue weighted by Gasteiger charge is 2.34. The highest BCUT2D eigenvalue weighted by Crippen LogP contribution is 2.32. The third-order valence-corrected chi connectivity index (χ3v) is 4.27. The fourth-order valence-electron chi connectivity index (χ4n) is 3.00. The van der Waals surface area contributed by atoms with E-state index < -0.39 is 23.6 Å². The van der Waals surface area contributed by atoms with Crippen LogP contribution < -0.4 is 5.32 Å². The molecule has 1 aromatic carbocycles. The third kappa shape index (κ3) is 3.84. The maximum atomic E-state index is 12.6. The van der Waals surface area contributed by atoms with Crippen molar-refractivity contribution in [3.05, 3.63) is 59.9 Å². The van der Waals surface area contributed by atoms with Crippen molar-refractivity contribution in [2.24, 2.45) is 0 Å². The largest absolute Gasteiger partial charge is 0.416 e. The van der Waals surface area contributed by atoms with Crippen molar-refractivity contribution in [2.45, 2.75) is 25.1 Å². The van der Waals surface area contributed by atoms with E-state index in [1.165, 1.54) is 4.90 Å². The lowest BCUT2D eigenvalue weighted by Gasteiger charge is -2.24. The number of carbonyl (C=O) groups is 2. The lowest BCUT2D eigenvalue weighted by atomic mass is 10.1. The van der Waals surface area contributed by atoms with Gasteiger partial charge in [-0.05, 0) is 54.8 Å². The van der Waals surface area contributed by atoms with E-state index in [1.54, 1.807) is 24.5 Å². The van der Waals surface area contributed by atoms with Crippen molar-refractivity contribution in [1.82, 2.24) is 9.88 Å². The predicted octanol–water partition coefficient (Wildman–Crippen LogP) is 3.40. The van der Waals surface area contributed by atoms with Crippen molar-refractivity contribution in [3.8, 4) is 0 Å². The molecule has 1 saturated heterocycles. The highest BCUT2D eigenvalue weighted by molar-refractivity contribution is 6.39. The summed E-state index contributed by atoms with van der Waals surface area (Å²) >= 11 is 0. The number of likely N-dealkylation sites (tertiary alicyclic amines) is 1. The normalized spacial score (nSPS) is 17.2. The molecule has 26 heavy (non-hydrogen) atoms. The maximum Gasteiger partial charge on any atom is 0.416 e. The van der Waals surface area contributed by atoms with Gasteiger partial charge in [-0.1, -0.05) is 0 Å². The van der Waals surface area contributed by atoms with E-state index in [-0.39, 0.29) is 11.7 Å². The molecule has 8 heteroatoms. The lowest BCUT2D eigenvalue weighted by Crippen LogP contribution is -2.39. The molecule has 1 aromatic heterocycles. The minimum absolute atomic E-state index is 0.135. The molecule has 2 aromatic rings. The number of pyridine rings is 1. The van der Waals surface area contributed by atoms with Crippen molar-refractivity contribution in [3.63, 3.8) is 0 Å². The van der Waals surface area contributed by atoms with Gasteiger partial charge in [-0.2, -0.15) is 13.2 Å². The summed E-state index contributed by atoms with van der Waals surface area (Å²) in [4.78, 5) is 30.1. The standard InChI is InChI=1S/C18H16F3N3O2/c19-18(20,21)13-3-5-14(6-4-13)23-16(25)17(26)24-11-1-2-15(24)12-7-9-22-10-8-12/h3-10,15H,1-2,11H2,(H,23,25)/t15-/m0/s1. The van der Waals surface area contributed by atoms with Crippen LogP contribution in [0.1, 0.15) is 30.0 Å². The van der Waals surface area contributed by atoms with Gasteiger partial charge in [0.15, 0.2) is 0 Å². The van der Waals surface area contributed by atoms with E-state index in [0.717, 1.165) is 42.7 Å². The summed E-state index contributed by atoms with van der Waals surface area (Å²) in [6, 6.07) is 7.35. The van der Waals surface area contributed by atoms with Crippen LogP contribution in [0.3, 0.4) is 0 Å². The number of alkyl halides is 3. The number of carbonyl (C=O) groups excluding carboxylic acids is 2. The Balaban J connectivity index is 1.68. The number of aromatic nitrogens is 1. The van der Waals surface area contributed by atoms with Gasteiger partial charge >= 0.3 is 18.0 Å². The SMILES string of the molecule is O=C(Nc1ccc(C(F)(F)F)cc1)C(=O)N1CCC[C@H]1c1ccncc1. The number of rotatable bonds is 2. The van der Waals surface area contributed by atoms with Crippen molar-refractivity contribution < 1.29 is 22.8 Å². The van der Waals surface area contributed by atoms with Crippen molar-refractivity contribution in [2.75, 3.05) is 11.9 Å². The zero-order valence-electron chi connectivity index (χ0n) is 13.7. The van der Waals surface area contributed by atoms with E-state index in [2.05, 4.69) is 10.3 Å². The lowest BCUT2D eigenvalue weighted by molar-refractivity contribution is -0.143. The molecule has 0 bridgehead atoms. The summed E-state index contributed by atoms with van der Waals surface area (Å²) in [5, 5.41) is 2.36. The summed E-state index contributed by atoms with van der Waals surface area (Å²) < 4.78 is 37.7. The topological polar surface area (TPSA) is 62.3 Å². The zero-order chi connectivity index (χ0) is 18.7. The number of hydrogen-bond donors (Lipinski definition) is 1. The predicted molar refractivity (Wildman–Crippen MR) is 88.0 cm³/mol. The number of nitrogens with zero attached hydrogens (tertiary/aromatic N) is 2. The van der Waals surface area contributed by atoms with Crippen molar-refractivity contribution in [1.29, 1.82) is 0 Å². The fourth-order valence-corrected chi connectivity index (χ4v) is 3.00. The molecule has 1 aliphatic heterocycles. The Labute approximate surface area is 147 Å². The van der Waals surface area contributed by atoms with Crippen LogP contribution in [0.4, 0.5) is 18.9 Å². The minimum atomic E-state index is -4.45. The molecule has 0 spiro atoms. The Morgan fingerprint density at radius 1 is 1.08 bits per heavy atom. The van der Waals surface area contributed by atoms with Gasteiger partial charge in [-0.25, -0.2) is 0 Å². The van der Waals surface area contributed by atoms with Crippen molar-refractivity contribution >= 4 is 17.5 Å². The van der Waals surface area contributed by atoms with Crippen LogP contribution in [0.2, 0.25) is 0 Å². The first-order chi connectivity index (χ1) is 12.4. The molecule has 5 nitrogen and oxygen atoms in total. The number of hydrogen-bond acceptors (Lipinski definition) is 3. The summed E-state index contributed by atoms with van der Waals surface area (Å²) in [6.07, 6.45) is 0.304. The van der Waals surface area contributed by atoms with Gasteiger partial charge in [-0.3, -0.25) is 14.6 Å². The van der Waals surface area contributed by atoms with E-state index >= 15 is 0 Å². The Bertz CT molecular complexity index is 792. The first-order valence-corrected chi connectivity index (χ1v) is 8.05. The third-order valence-electron chi connectivity index (χ3n) is 4.27. The average molecular weight is 363 g/mol. The summed E-state index contributed by atoms with van der Waals surface area (Å²) in [5.74, 6) is -1.57. The molecule has 1 fully saturated rings. The molecule has 1 atom stereocenters. The van der Waals surface area contributed by atoms with Crippen LogP contribution in [-0.4, -0.2) is 28.2 Å². The zero-order valence-corrected chi connectivity index (χ0v) is 13.7. The molecular weight excluding hydrogens is 347 g/mol. The second-order valence-electron chi connectivity index (χ2n) is 5.97. The Morgan fingerprint density at radius 2 is 1.73 bits per heavy atom. The Morgan fingerprint density at radius 3 is 2.35 bits per heavy atom. The first kappa shape index (κ1) is 17.9. The Hall–Kier alpha value is -2.90. The van der Waals surface area contributed by atoms with Crippen LogP contribution in [-0.2, 0) is 15.8 Å². The smallest absolute Gasteiger partial charge is 0.327 e. The van der Waals surface area contributed by atoms with Gasteiger partial charge in [0.05, 0.1) is 11.6 Å². The van der Waals surface area contributed by atoms with E-state index in [9.17, 15) is 22.8 Å². The van der Waals surface area contributed by atoms with Crippen LogP contribution in [0.15, 0.2) is 48.8 Å². The van der Waals surface area contributed by atoms with E-state index in [1.807, 2.05) is 0 Å². The number of amides is 2. The second-order valence-corrected chi connectivity index (χ2v) is 5.97. The molecule has 3 rings (SSSR count). The molecule has 0 unspecified atom stereocenters. The molecule has 0 aliphatic carbocycles. The van der Waals surface area contributed by atoms with E-state index in [4.69, 9.17) is 0 Å². The van der Waals surface area contributed by atoms with Crippen LogP contribution >= 0.6 is 0 Å². The van der Waals surface area contributed by atoms with Gasteiger partial charge < -0.3 is 10.2 Å². The second kappa shape index (κ2) is 7.15. The number of benzene rings is 1. The fraction of sp³-hybridized carbons (Fsp3) is 0.278. The molecular formula is C18H16F3N3O2. The molecule has 2 amide bonds. The van der Waals surface area contributed by atoms with Crippen LogP contribution in [0.25, 0.3) is 0 Å². The minimum Gasteiger partial charge on any atom is -0.327 e. The van der Waals surface area contributed by atoms with Gasteiger partial charge in [0.1, 0.15) is 0 Å². The molecule has 0 saturated carbocycles. The summed E-state index contributed by atoms with van der Waals surface area (Å²) in [7, 11) is 0. The first-order valence-electron chi connectivity index (χ1n) is 8.05. The van der Waals surface area contributed by atoms with Crippen LogP contribution in [0, 0.1) is 0 Å². The van der Waals surface area contributed by atoms with E-state index in [0.29, 0.717) is 6.54 Å². The quantitative estimate of drug-likeness (QED) is 0.832. The van der Waals surface area contributed by atoms with Gasteiger partial charge in [0.25, 0.3) is 0 Å². The number of nitrogens with one attached hydrogen (secondary N) is 1. The molecule has 1 aliphatic rings. The van der Waals surface area contributed by atoms with Gasteiger partial charge in [0, 0.05) is 24.6 Å². The summed E-state index contributed by atoms with van der Waals surface area (Å²) in [5.41, 5.74) is 0.211. The summed E-state index contributed by atoms with van der Waals surface area (Å²) in [6.45, 7) is 0.451. The number of anilines is 1. The average Bonchev–Trinajstić information content (AvgIpc) is 3.11.